The summed E-state index contributed by atoms with van der Waals surface area (Å²) in [6, 6.07) is 15.7. The molecule has 0 atom stereocenters. The van der Waals surface area contributed by atoms with Crippen molar-refractivity contribution < 1.29 is 4.79 Å². The summed E-state index contributed by atoms with van der Waals surface area (Å²) >= 11 is 6.26. The highest BCUT2D eigenvalue weighted by molar-refractivity contribution is 6.31. The molecule has 0 saturated heterocycles. The van der Waals surface area contributed by atoms with Gasteiger partial charge in [0.05, 0.1) is 16.9 Å². The number of halogens is 1. The molecule has 4 rings (SSSR count). The lowest BCUT2D eigenvalue weighted by Crippen LogP contribution is -2.28. The maximum atomic E-state index is 13.0. The lowest BCUT2D eigenvalue weighted by Gasteiger charge is -2.29. The van der Waals surface area contributed by atoms with Gasteiger partial charge >= 0.3 is 0 Å². The Kier molecular flexibility index (Phi) is 4.31. The Bertz CT molecular complexity index is 1020. The van der Waals surface area contributed by atoms with Crippen molar-refractivity contribution in [1.29, 1.82) is 0 Å². The number of rotatable bonds is 3. The maximum absolute atomic E-state index is 13.0. The van der Waals surface area contributed by atoms with Gasteiger partial charge in [-0.25, -0.2) is 4.68 Å². The van der Waals surface area contributed by atoms with E-state index in [1.807, 2.05) is 60.1 Å². The number of nitrogens with zero attached hydrogens (tertiary/aromatic N) is 2. The van der Waals surface area contributed by atoms with Gasteiger partial charge in [-0.2, -0.15) is 0 Å². The predicted molar refractivity (Wildman–Crippen MR) is 109 cm³/mol. The van der Waals surface area contributed by atoms with E-state index in [4.69, 9.17) is 16.7 Å². The molecule has 0 radical (unpaired) electrons. The molecule has 0 fully saturated rings. The zero-order chi connectivity index (χ0) is 19.2. The second-order valence-corrected chi connectivity index (χ2v) is 8.35. The molecular formula is C22H22ClN3O. The first-order valence-electron chi connectivity index (χ1n) is 9.08. The number of ketones is 1. The number of Topliss-reactive ketones (excluding diaryl/α,β-unsaturated/α-hetero) is 1. The fourth-order valence-corrected chi connectivity index (χ4v) is 3.81. The number of carbonyl (C=O) groups excluding carboxylic acids is 1. The molecule has 0 saturated carbocycles. The first kappa shape index (κ1) is 17.8. The van der Waals surface area contributed by atoms with E-state index >= 15 is 0 Å². The summed E-state index contributed by atoms with van der Waals surface area (Å²) in [5.41, 5.74) is 4.36. The number of hydrogen-bond donors (Lipinski definition) is 1. The summed E-state index contributed by atoms with van der Waals surface area (Å²) < 4.78 is 1.90. The Labute approximate surface area is 164 Å². The third kappa shape index (κ3) is 3.37. The van der Waals surface area contributed by atoms with Gasteiger partial charge in [0, 0.05) is 17.1 Å². The van der Waals surface area contributed by atoms with Crippen LogP contribution in [0.25, 0.3) is 5.69 Å². The second-order valence-electron chi connectivity index (χ2n) is 7.95. The highest BCUT2D eigenvalue weighted by atomic mass is 35.5. The molecule has 27 heavy (non-hydrogen) atoms. The molecular weight excluding hydrogens is 358 g/mol. The van der Waals surface area contributed by atoms with Crippen LogP contribution < -0.4 is 5.32 Å². The SMILES string of the molecule is Cc1ccc(Nc2nn(-c3ccccc3)c3c2C(=O)CC(C)(C)C3)cc1Cl. The van der Waals surface area contributed by atoms with Gasteiger partial charge in [-0.05, 0) is 48.6 Å². The normalized spacial score (nSPS) is 15.5. The van der Waals surface area contributed by atoms with Crippen LogP contribution in [0.4, 0.5) is 11.5 Å². The van der Waals surface area contributed by atoms with E-state index in [1.54, 1.807) is 0 Å². The van der Waals surface area contributed by atoms with Crippen LogP contribution in [0.5, 0.6) is 0 Å². The first-order chi connectivity index (χ1) is 12.8. The highest BCUT2D eigenvalue weighted by Crippen LogP contribution is 2.39. The van der Waals surface area contributed by atoms with E-state index in [0.29, 0.717) is 22.8 Å². The van der Waals surface area contributed by atoms with E-state index < -0.39 is 0 Å². The smallest absolute Gasteiger partial charge is 0.169 e. The minimum atomic E-state index is -0.0823. The minimum Gasteiger partial charge on any atom is -0.338 e. The van der Waals surface area contributed by atoms with Crippen LogP contribution >= 0.6 is 11.6 Å². The van der Waals surface area contributed by atoms with E-state index in [-0.39, 0.29) is 11.2 Å². The largest absolute Gasteiger partial charge is 0.338 e. The van der Waals surface area contributed by atoms with Crippen molar-refractivity contribution in [3.05, 3.63) is 70.4 Å². The zero-order valence-corrected chi connectivity index (χ0v) is 16.5. The van der Waals surface area contributed by atoms with Crippen molar-refractivity contribution in [3.63, 3.8) is 0 Å². The summed E-state index contributed by atoms with van der Waals surface area (Å²) in [5, 5.41) is 8.76. The van der Waals surface area contributed by atoms with E-state index in [0.717, 1.165) is 29.1 Å². The van der Waals surface area contributed by atoms with Crippen molar-refractivity contribution in [3.8, 4) is 5.69 Å². The zero-order valence-electron chi connectivity index (χ0n) is 15.7. The molecule has 0 unspecified atom stereocenters. The summed E-state index contributed by atoms with van der Waals surface area (Å²) in [6.45, 7) is 6.22. The summed E-state index contributed by atoms with van der Waals surface area (Å²) in [6.07, 6.45) is 1.32. The van der Waals surface area contributed by atoms with Crippen molar-refractivity contribution in [2.45, 2.75) is 33.6 Å². The van der Waals surface area contributed by atoms with Crippen LogP contribution in [0.1, 0.15) is 41.9 Å². The van der Waals surface area contributed by atoms with Gasteiger partial charge in [-0.3, -0.25) is 4.79 Å². The number of benzene rings is 2. The molecule has 3 aromatic rings. The van der Waals surface area contributed by atoms with Crippen LogP contribution in [-0.2, 0) is 6.42 Å². The van der Waals surface area contributed by atoms with Crippen LogP contribution in [-0.4, -0.2) is 15.6 Å². The Balaban J connectivity index is 1.84. The number of para-hydroxylation sites is 1. The van der Waals surface area contributed by atoms with E-state index in [2.05, 4.69) is 19.2 Å². The Morgan fingerprint density at radius 1 is 1.11 bits per heavy atom. The molecule has 2 aromatic carbocycles. The fourth-order valence-electron chi connectivity index (χ4n) is 3.63. The quantitative estimate of drug-likeness (QED) is 0.631. The first-order valence-corrected chi connectivity index (χ1v) is 9.45. The van der Waals surface area contributed by atoms with E-state index in [1.165, 1.54) is 0 Å². The van der Waals surface area contributed by atoms with Gasteiger partial charge in [0.2, 0.25) is 0 Å². The monoisotopic (exact) mass is 379 g/mol. The number of aromatic nitrogens is 2. The van der Waals surface area contributed by atoms with Gasteiger partial charge in [0.25, 0.3) is 0 Å². The number of fused-ring (bicyclic) bond motifs is 1. The molecule has 0 amide bonds. The average molecular weight is 380 g/mol. The van der Waals surface area contributed by atoms with E-state index in [9.17, 15) is 4.79 Å². The molecule has 1 aliphatic carbocycles. The van der Waals surface area contributed by atoms with Crippen molar-refractivity contribution in [1.82, 2.24) is 9.78 Å². The van der Waals surface area contributed by atoms with Crippen molar-refractivity contribution in [2.24, 2.45) is 5.41 Å². The third-order valence-corrected chi connectivity index (χ3v) is 5.39. The summed E-state index contributed by atoms with van der Waals surface area (Å²) in [4.78, 5) is 13.0. The average Bonchev–Trinajstić information content (AvgIpc) is 2.96. The third-order valence-electron chi connectivity index (χ3n) is 4.98. The molecule has 4 nitrogen and oxygen atoms in total. The summed E-state index contributed by atoms with van der Waals surface area (Å²) in [7, 11) is 0. The Hall–Kier alpha value is -2.59. The van der Waals surface area contributed by atoms with Crippen LogP contribution in [0, 0.1) is 12.3 Å². The Morgan fingerprint density at radius 3 is 2.56 bits per heavy atom. The lowest BCUT2D eigenvalue weighted by atomic mass is 9.76. The van der Waals surface area contributed by atoms with Crippen molar-refractivity contribution in [2.75, 3.05) is 5.32 Å². The molecule has 0 aliphatic heterocycles. The van der Waals surface area contributed by atoms with Crippen LogP contribution in [0.2, 0.25) is 5.02 Å². The standard InChI is InChI=1S/C22H22ClN3O/c1-14-9-10-15(11-17(14)23)24-21-20-18(12-22(2,3)13-19(20)27)26(25-21)16-7-5-4-6-8-16/h4-11H,12-13H2,1-3H3,(H,24,25). The number of carbonyl (C=O) groups is 1. The molecule has 0 spiro atoms. The lowest BCUT2D eigenvalue weighted by molar-refractivity contribution is 0.0912. The van der Waals surface area contributed by atoms with Crippen molar-refractivity contribution >= 4 is 28.9 Å². The molecule has 1 heterocycles. The van der Waals surface area contributed by atoms with Gasteiger partial charge in [0.15, 0.2) is 11.6 Å². The number of aryl methyl sites for hydroxylation is 1. The number of anilines is 2. The molecule has 1 aliphatic rings. The van der Waals surface area contributed by atoms with Gasteiger partial charge in [0.1, 0.15) is 0 Å². The second kappa shape index (κ2) is 6.54. The number of nitrogens with one attached hydrogen (secondary N) is 1. The predicted octanol–water partition coefficient (Wildman–Crippen LogP) is 5.73. The van der Waals surface area contributed by atoms with Gasteiger partial charge in [-0.15, -0.1) is 5.10 Å². The summed E-state index contributed by atoms with van der Waals surface area (Å²) in [5.74, 6) is 0.721. The molecule has 138 valence electrons. The van der Waals surface area contributed by atoms with Gasteiger partial charge in [-0.1, -0.05) is 49.7 Å². The topological polar surface area (TPSA) is 46.9 Å². The number of hydrogen-bond acceptors (Lipinski definition) is 3. The maximum Gasteiger partial charge on any atom is 0.169 e. The molecule has 5 heteroatoms. The molecule has 1 aromatic heterocycles. The fraction of sp³-hybridized carbons (Fsp3) is 0.273. The Morgan fingerprint density at radius 2 is 1.85 bits per heavy atom. The minimum absolute atomic E-state index is 0.0823. The molecule has 1 N–H and O–H groups in total. The van der Waals surface area contributed by atoms with Crippen LogP contribution in [0.15, 0.2) is 48.5 Å². The molecule has 0 bridgehead atoms. The van der Waals surface area contributed by atoms with Crippen LogP contribution in [0.3, 0.4) is 0 Å². The highest BCUT2D eigenvalue weighted by Gasteiger charge is 2.36. The van der Waals surface area contributed by atoms with Gasteiger partial charge < -0.3 is 5.32 Å².